The molecule has 3 nitrogen and oxygen atoms in total. The standard InChI is InChI=1S/C46H33NO2/c1-3-46(2)36-18-9-7-15-32(36)33-27-28-41-43(44(33)46)35-17-11-20-38(45(35)49-41)47(31-25-23-30(24-26-31)29-13-5-4-6-14-29)37-19-12-22-40-42(37)34-16-8-10-21-39(34)48-40/h4-28H,3H2,1-2H3. The summed E-state index contributed by atoms with van der Waals surface area (Å²) in [4.78, 5) is 2.35. The maximum Gasteiger partial charge on any atom is 0.159 e. The van der Waals surface area contributed by atoms with Gasteiger partial charge < -0.3 is 13.7 Å². The maximum absolute atomic E-state index is 6.98. The van der Waals surface area contributed by atoms with E-state index in [-0.39, 0.29) is 5.41 Å². The first kappa shape index (κ1) is 28.0. The lowest BCUT2D eigenvalue weighted by atomic mass is 9.76. The first-order valence-electron chi connectivity index (χ1n) is 17.1. The topological polar surface area (TPSA) is 29.5 Å². The highest BCUT2D eigenvalue weighted by Gasteiger charge is 2.40. The Hall–Kier alpha value is -6.06. The van der Waals surface area contributed by atoms with Crippen molar-refractivity contribution in [2.75, 3.05) is 4.90 Å². The van der Waals surface area contributed by atoms with Crippen LogP contribution in [0.1, 0.15) is 31.4 Å². The number of furan rings is 2. The maximum atomic E-state index is 6.98. The van der Waals surface area contributed by atoms with Crippen LogP contribution in [0.4, 0.5) is 17.1 Å². The van der Waals surface area contributed by atoms with Crippen LogP contribution in [-0.2, 0) is 5.41 Å². The van der Waals surface area contributed by atoms with Gasteiger partial charge in [-0.05, 0) is 82.3 Å². The van der Waals surface area contributed by atoms with E-state index in [1.54, 1.807) is 0 Å². The summed E-state index contributed by atoms with van der Waals surface area (Å²) in [6, 6.07) is 53.9. The molecule has 49 heavy (non-hydrogen) atoms. The number of para-hydroxylation sites is 2. The third-order valence-electron chi connectivity index (χ3n) is 10.8. The van der Waals surface area contributed by atoms with Gasteiger partial charge in [-0.15, -0.1) is 0 Å². The minimum Gasteiger partial charge on any atom is -0.456 e. The number of anilines is 3. The van der Waals surface area contributed by atoms with Crippen LogP contribution in [0.25, 0.3) is 66.1 Å². The fraction of sp³-hybridized carbons (Fsp3) is 0.0870. The summed E-state index contributed by atoms with van der Waals surface area (Å²) in [5.74, 6) is 0. The van der Waals surface area contributed by atoms with Crippen molar-refractivity contribution in [3.63, 3.8) is 0 Å². The molecule has 3 heteroatoms. The molecule has 0 fully saturated rings. The van der Waals surface area contributed by atoms with Crippen LogP contribution in [0.5, 0.6) is 0 Å². The number of hydrogen-bond acceptors (Lipinski definition) is 3. The average molecular weight is 632 g/mol. The zero-order valence-electron chi connectivity index (χ0n) is 27.4. The molecule has 7 aromatic carbocycles. The molecule has 234 valence electrons. The van der Waals surface area contributed by atoms with Crippen LogP contribution in [0.15, 0.2) is 160 Å². The lowest BCUT2D eigenvalue weighted by molar-refractivity contribution is 0.568. The quantitative estimate of drug-likeness (QED) is 0.189. The highest BCUT2D eigenvalue weighted by atomic mass is 16.3. The Bertz CT molecular complexity index is 2720. The van der Waals surface area contributed by atoms with E-state index in [0.29, 0.717) is 0 Å². The Morgan fingerprint density at radius 3 is 2.04 bits per heavy atom. The largest absolute Gasteiger partial charge is 0.456 e. The van der Waals surface area contributed by atoms with Gasteiger partial charge in [0.1, 0.15) is 16.7 Å². The molecule has 0 aliphatic heterocycles. The van der Waals surface area contributed by atoms with Crippen LogP contribution in [0.2, 0.25) is 0 Å². The Morgan fingerprint density at radius 2 is 1.18 bits per heavy atom. The fourth-order valence-electron chi connectivity index (χ4n) is 8.33. The molecule has 0 saturated heterocycles. The van der Waals surface area contributed by atoms with Crippen LogP contribution >= 0.6 is 0 Å². The summed E-state index contributed by atoms with van der Waals surface area (Å²) in [6.07, 6.45) is 0.998. The van der Waals surface area contributed by atoms with E-state index in [1.165, 1.54) is 38.8 Å². The van der Waals surface area contributed by atoms with Gasteiger partial charge in [0.15, 0.2) is 5.58 Å². The molecule has 0 saturated carbocycles. The smallest absolute Gasteiger partial charge is 0.159 e. The lowest BCUT2D eigenvalue weighted by Gasteiger charge is -2.27. The minimum absolute atomic E-state index is 0.119. The van der Waals surface area contributed by atoms with Gasteiger partial charge in [-0.25, -0.2) is 0 Å². The second-order valence-corrected chi connectivity index (χ2v) is 13.3. The summed E-state index contributed by atoms with van der Waals surface area (Å²) in [5.41, 5.74) is 14.2. The molecule has 10 rings (SSSR count). The van der Waals surface area contributed by atoms with Crippen LogP contribution < -0.4 is 4.90 Å². The second-order valence-electron chi connectivity index (χ2n) is 13.3. The summed E-state index contributed by atoms with van der Waals surface area (Å²) >= 11 is 0. The lowest BCUT2D eigenvalue weighted by Crippen LogP contribution is -2.19. The number of nitrogens with zero attached hydrogens (tertiary/aromatic N) is 1. The van der Waals surface area contributed by atoms with Crippen molar-refractivity contribution in [1.29, 1.82) is 0 Å². The van der Waals surface area contributed by atoms with Gasteiger partial charge in [-0.1, -0.05) is 123 Å². The molecule has 0 N–H and O–H groups in total. The van der Waals surface area contributed by atoms with Crippen molar-refractivity contribution in [3.8, 4) is 22.3 Å². The molecule has 9 aromatic rings. The zero-order valence-corrected chi connectivity index (χ0v) is 27.4. The molecule has 0 radical (unpaired) electrons. The van der Waals surface area contributed by atoms with Crippen molar-refractivity contribution < 1.29 is 8.83 Å². The monoisotopic (exact) mass is 631 g/mol. The van der Waals surface area contributed by atoms with E-state index in [1.807, 2.05) is 12.1 Å². The van der Waals surface area contributed by atoms with Gasteiger partial charge >= 0.3 is 0 Å². The Morgan fingerprint density at radius 1 is 0.510 bits per heavy atom. The van der Waals surface area contributed by atoms with Gasteiger partial charge in [0, 0.05) is 27.3 Å². The van der Waals surface area contributed by atoms with Gasteiger partial charge in [0.2, 0.25) is 0 Å². The van der Waals surface area contributed by atoms with Gasteiger partial charge in [0.05, 0.1) is 16.8 Å². The fourth-order valence-corrected chi connectivity index (χ4v) is 8.33. The highest BCUT2D eigenvalue weighted by Crippen LogP contribution is 2.55. The van der Waals surface area contributed by atoms with Crippen LogP contribution in [0, 0.1) is 0 Å². The molecular formula is C46H33NO2. The highest BCUT2D eigenvalue weighted by molar-refractivity contribution is 6.17. The van der Waals surface area contributed by atoms with E-state index in [9.17, 15) is 0 Å². The Balaban J connectivity index is 1.26. The van der Waals surface area contributed by atoms with E-state index in [2.05, 4.69) is 158 Å². The van der Waals surface area contributed by atoms with Gasteiger partial charge in [0.25, 0.3) is 0 Å². The SMILES string of the molecule is CCC1(C)c2ccccc2-c2ccc3oc4c(N(c5ccc(-c6ccccc6)cc5)c5cccc6oc7ccccc7c56)cccc4c3c21. The number of hydrogen-bond donors (Lipinski definition) is 0. The Labute approximate surface area is 284 Å². The van der Waals surface area contributed by atoms with E-state index < -0.39 is 0 Å². The van der Waals surface area contributed by atoms with E-state index in [4.69, 9.17) is 8.83 Å². The molecule has 2 heterocycles. The van der Waals surface area contributed by atoms with Crippen molar-refractivity contribution in [3.05, 3.63) is 163 Å². The average Bonchev–Trinajstić information content (AvgIpc) is 3.81. The molecule has 2 aromatic heterocycles. The molecule has 1 aliphatic rings. The summed E-state index contributed by atoms with van der Waals surface area (Å²) in [6.45, 7) is 4.69. The first-order valence-corrected chi connectivity index (χ1v) is 17.1. The molecule has 0 spiro atoms. The van der Waals surface area contributed by atoms with Crippen LogP contribution in [0.3, 0.4) is 0 Å². The third kappa shape index (κ3) is 3.96. The van der Waals surface area contributed by atoms with E-state index in [0.717, 1.165) is 62.0 Å². The number of fused-ring (bicyclic) bond motifs is 10. The molecule has 1 atom stereocenters. The molecule has 1 aliphatic carbocycles. The van der Waals surface area contributed by atoms with Gasteiger partial charge in [-0.3, -0.25) is 0 Å². The first-order chi connectivity index (χ1) is 24.1. The Kier molecular flexibility index (Phi) is 5.98. The van der Waals surface area contributed by atoms with E-state index >= 15 is 0 Å². The zero-order chi connectivity index (χ0) is 32.7. The molecule has 0 bridgehead atoms. The summed E-state index contributed by atoms with van der Waals surface area (Å²) in [7, 11) is 0. The second kappa shape index (κ2) is 10.5. The van der Waals surface area contributed by atoms with Crippen molar-refractivity contribution in [1.82, 2.24) is 0 Å². The predicted molar refractivity (Wildman–Crippen MR) is 203 cm³/mol. The van der Waals surface area contributed by atoms with Crippen molar-refractivity contribution >= 4 is 60.9 Å². The normalized spacial score (nSPS) is 15.3. The summed E-state index contributed by atoms with van der Waals surface area (Å²) < 4.78 is 13.4. The van der Waals surface area contributed by atoms with Crippen molar-refractivity contribution in [2.45, 2.75) is 25.7 Å². The molecule has 1 unspecified atom stereocenters. The number of benzene rings is 7. The van der Waals surface area contributed by atoms with Gasteiger partial charge in [-0.2, -0.15) is 0 Å². The summed E-state index contributed by atoms with van der Waals surface area (Å²) in [5, 5.41) is 4.51. The van der Waals surface area contributed by atoms with Crippen molar-refractivity contribution in [2.24, 2.45) is 0 Å². The predicted octanol–water partition coefficient (Wildman–Crippen LogP) is 13.3. The molecule has 0 amide bonds. The molecular weight excluding hydrogens is 599 g/mol. The number of rotatable bonds is 5. The van der Waals surface area contributed by atoms with Crippen LogP contribution in [-0.4, -0.2) is 0 Å². The third-order valence-corrected chi connectivity index (χ3v) is 10.8. The minimum atomic E-state index is -0.119.